The van der Waals surface area contributed by atoms with E-state index < -0.39 is 0 Å². The summed E-state index contributed by atoms with van der Waals surface area (Å²) in [6, 6.07) is 9.04. The Balaban J connectivity index is 2.33. The minimum absolute atomic E-state index is 0.0380. The molecule has 6 nitrogen and oxygen atoms in total. The van der Waals surface area contributed by atoms with Gasteiger partial charge in [-0.1, -0.05) is 12.1 Å². The maximum atomic E-state index is 11.7. The predicted octanol–water partition coefficient (Wildman–Crippen LogP) is 0.830. The first-order valence-electron chi connectivity index (χ1n) is 6.76. The number of amides is 1. The van der Waals surface area contributed by atoms with Gasteiger partial charge in [-0.2, -0.15) is 5.26 Å². The number of ether oxygens (including phenoxy) is 2. The van der Waals surface area contributed by atoms with Gasteiger partial charge in [0.1, 0.15) is 11.8 Å². The van der Waals surface area contributed by atoms with Crippen molar-refractivity contribution in [3.8, 4) is 11.8 Å². The van der Waals surface area contributed by atoms with Crippen LogP contribution in [-0.4, -0.2) is 38.8 Å². The van der Waals surface area contributed by atoms with Crippen LogP contribution in [0.25, 0.3) is 0 Å². The fourth-order valence-electron chi connectivity index (χ4n) is 1.61. The molecule has 6 heteroatoms. The smallest absolute Gasteiger partial charge is 0.236 e. The van der Waals surface area contributed by atoms with E-state index in [1.807, 2.05) is 25.1 Å². The first-order chi connectivity index (χ1) is 10.2. The molecule has 21 heavy (non-hydrogen) atoms. The van der Waals surface area contributed by atoms with Crippen LogP contribution < -0.4 is 15.4 Å². The normalized spacial score (nSPS) is 11.5. The number of carbonyl (C=O) groups excluding carboxylic acids is 1. The predicted molar refractivity (Wildman–Crippen MR) is 78.7 cm³/mol. The van der Waals surface area contributed by atoms with Crippen LogP contribution in [-0.2, 0) is 16.1 Å². The molecule has 1 rings (SSSR count). The number of hydrogen-bond donors (Lipinski definition) is 2. The van der Waals surface area contributed by atoms with Crippen molar-refractivity contribution in [1.29, 1.82) is 5.26 Å². The molecule has 2 N–H and O–H groups in total. The van der Waals surface area contributed by atoms with E-state index in [0.29, 0.717) is 25.4 Å². The molecule has 0 spiro atoms. The number of nitrogens with one attached hydrogen (secondary N) is 2. The van der Waals surface area contributed by atoms with E-state index in [0.717, 1.165) is 5.56 Å². The number of carbonyl (C=O) groups is 1. The Morgan fingerprint density at radius 2 is 2.10 bits per heavy atom. The summed E-state index contributed by atoms with van der Waals surface area (Å²) < 4.78 is 10.0. The molecule has 1 aromatic rings. The lowest BCUT2D eigenvalue weighted by molar-refractivity contribution is -0.122. The molecule has 0 aliphatic heterocycles. The standard InChI is InChI=1S/C15H21N3O3/c1-12(15(19)17-8-10-20-2)18-11-13-3-5-14(6-4-13)21-9-7-16/h3-6,12,18H,8-11H2,1-2H3,(H,17,19). The second kappa shape index (κ2) is 9.75. The summed E-state index contributed by atoms with van der Waals surface area (Å²) >= 11 is 0. The van der Waals surface area contributed by atoms with E-state index in [4.69, 9.17) is 14.7 Å². The van der Waals surface area contributed by atoms with Gasteiger partial charge in [0.25, 0.3) is 0 Å². The van der Waals surface area contributed by atoms with Crippen LogP contribution >= 0.6 is 0 Å². The van der Waals surface area contributed by atoms with Crippen molar-refractivity contribution in [2.75, 3.05) is 26.9 Å². The molecule has 0 aliphatic rings. The summed E-state index contributed by atoms with van der Waals surface area (Å²) in [4.78, 5) is 11.7. The van der Waals surface area contributed by atoms with Gasteiger partial charge < -0.3 is 20.1 Å². The first-order valence-corrected chi connectivity index (χ1v) is 6.76. The summed E-state index contributed by atoms with van der Waals surface area (Å²) in [5.41, 5.74) is 1.04. The Labute approximate surface area is 125 Å². The van der Waals surface area contributed by atoms with Crippen molar-refractivity contribution in [2.45, 2.75) is 19.5 Å². The Hall–Kier alpha value is -2.10. The first kappa shape index (κ1) is 17.0. The molecule has 0 fully saturated rings. The molecule has 0 saturated carbocycles. The molecule has 114 valence electrons. The molecule has 0 radical (unpaired) electrons. The van der Waals surface area contributed by atoms with Crippen LogP contribution in [0.1, 0.15) is 12.5 Å². The van der Waals surface area contributed by atoms with Crippen molar-refractivity contribution in [2.24, 2.45) is 0 Å². The average molecular weight is 291 g/mol. The van der Waals surface area contributed by atoms with Crippen LogP contribution in [0.5, 0.6) is 5.75 Å². The van der Waals surface area contributed by atoms with Gasteiger partial charge in [0.2, 0.25) is 5.91 Å². The van der Waals surface area contributed by atoms with Crippen molar-refractivity contribution in [3.63, 3.8) is 0 Å². The summed E-state index contributed by atoms with van der Waals surface area (Å²) in [7, 11) is 1.60. The van der Waals surface area contributed by atoms with Crippen LogP contribution in [0, 0.1) is 11.3 Å². The van der Waals surface area contributed by atoms with Gasteiger partial charge in [0.15, 0.2) is 6.61 Å². The monoisotopic (exact) mass is 291 g/mol. The van der Waals surface area contributed by atoms with Crippen molar-refractivity contribution in [3.05, 3.63) is 29.8 Å². The maximum absolute atomic E-state index is 11.7. The minimum atomic E-state index is -0.281. The zero-order valence-electron chi connectivity index (χ0n) is 12.4. The van der Waals surface area contributed by atoms with Gasteiger partial charge >= 0.3 is 0 Å². The van der Waals surface area contributed by atoms with Gasteiger partial charge in [-0.25, -0.2) is 0 Å². The fourth-order valence-corrected chi connectivity index (χ4v) is 1.61. The molecular weight excluding hydrogens is 270 g/mol. The van der Waals surface area contributed by atoms with Gasteiger partial charge in [-0.05, 0) is 24.6 Å². The summed E-state index contributed by atoms with van der Waals surface area (Å²) in [5.74, 6) is 0.603. The van der Waals surface area contributed by atoms with Gasteiger partial charge in [-0.15, -0.1) is 0 Å². The number of hydrogen-bond acceptors (Lipinski definition) is 5. The highest BCUT2D eigenvalue weighted by molar-refractivity contribution is 5.81. The third kappa shape index (κ3) is 6.75. The van der Waals surface area contributed by atoms with Gasteiger partial charge in [-0.3, -0.25) is 4.79 Å². The Kier molecular flexibility index (Phi) is 7.87. The molecule has 0 heterocycles. The topological polar surface area (TPSA) is 83.4 Å². The molecule has 1 atom stereocenters. The number of benzene rings is 1. The lowest BCUT2D eigenvalue weighted by Gasteiger charge is -2.14. The zero-order valence-corrected chi connectivity index (χ0v) is 12.4. The highest BCUT2D eigenvalue weighted by Gasteiger charge is 2.11. The number of rotatable bonds is 9. The summed E-state index contributed by atoms with van der Waals surface area (Å²) in [6.45, 7) is 3.44. The number of nitriles is 1. The SMILES string of the molecule is COCCNC(=O)C(C)NCc1ccc(OCC#N)cc1. The molecule has 1 amide bonds. The van der Waals surface area contributed by atoms with E-state index in [1.54, 1.807) is 19.2 Å². The Morgan fingerprint density at radius 3 is 2.71 bits per heavy atom. The fraction of sp³-hybridized carbons (Fsp3) is 0.467. The highest BCUT2D eigenvalue weighted by atomic mass is 16.5. The minimum Gasteiger partial charge on any atom is -0.479 e. The quantitative estimate of drug-likeness (QED) is 0.658. The molecule has 1 unspecified atom stereocenters. The molecule has 1 aromatic carbocycles. The maximum Gasteiger partial charge on any atom is 0.236 e. The lowest BCUT2D eigenvalue weighted by atomic mass is 10.2. The largest absolute Gasteiger partial charge is 0.479 e. The van der Waals surface area contributed by atoms with Crippen LogP contribution in [0.15, 0.2) is 24.3 Å². The summed E-state index contributed by atoms with van der Waals surface area (Å²) in [5, 5.41) is 14.3. The highest BCUT2D eigenvalue weighted by Crippen LogP contribution is 2.11. The molecule has 0 aromatic heterocycles. The summed E-state index contributed by atoms with van der Waals surface area (Å²) in [6.07, 6.45) is 0. The third-order valence-electron chi connectivity index (χ3n) is 2.84. The van der Waals surface area contributed by atoms with Crippen LogP contribution in [0.4, 0.5) is 0 Å². The zero-order chi connectivity index (χ0) is 15.5. The van der Waals surface area contributed by atoms with Crippen molar-refractivity contribution >= 4 is 5.91 Å². The van der Waals surface area contributed by atoms with Crippen LogP contribution in [0.2, 0.25) is 0 Å². The van der Waals surface area contributed by atoms with E-state index >= 15 is 0 Å². The number of nitrogens with zero attached hydrogens (tertiary/aromatic N) is 1. The van der Waals surface area contributed by atoms with Gasteiger partial charge in [0, 0.05) is 20.2 Å². The second-order valence-electron chi connectivity index (χ2n) is 4.48. The van der Waals surface area contributed by atoms with E-state index in [-0.39, 0.29) is 18.6 Å². The van der Waals surface area contributed by atoms with Crippen molar-refractivity contribution in [1.82, 2.24) is 10.6 Å². The van der Waals surface area contributed by atoms with Crippen LogP contribution in [0.3, 0.4) is 0 Å². The average Bonchev–Trinajstić information content (AvgIpc) is 2.51. The Morgan fingerprint density at radius 1 is 1.38 bits per heavy atom. The van der Waals surface area contributed by atoms with E-state index in [1.165, 1.54) is 0 Å². The molecule has 0 aliphatic carbocycles. The third-order valence-corrected chi connectivity index (χ3v) is 2.84. The lowest BCUT2D eigenvalue weighted by Crippen LogP contribution is -2.42. The molecule has 0 saturated heterocycles. The number of methoxy groups -OCH3 is 1. The molecular formula is C15H21N3O3. The van der Waals surface area contributed by atoms with Gasteiger partial charge in [0.05, 0.1) is 12.6 Å². The Bertz CT molecular complexity index is 468. The van der Waals surface area contributed by atoms with E-state index in [2.05, 4.69) is 10.6 Å². The van der Waals surface area contributed by atoms with Crippen molar-refractivity contribution < 1.29 is 14.3 Å². The molecule has 0 bridgehead atoms. The van der Waals surface area contributed by atoms with E-state index in [9.17, 15) is 4.79 Å². The second-order valence-corrected chi connectivity index (χ2v) is 4.48.